The fourth-order valence-corrected chi connectivity index (χ4v) is 2.52. The summed E-state index contributed by atoms with van der Waals surface area (Å²) in [6.45, 7) is 0.439. The molecule has 18 heavy (non-hydrogen) atoms. The lowest BCUT2D eigenvalue weighted by Crippen LogP contribution is -2.01. The van der Waals surface area contributed by atoms with E-state index in [2.05, 4.69) is 28.6 Å². The minimum atomic E-state index is -0.500. The monoisotopic (exact) mass is 353 g/mol. The average Bonchev–Trinajstić information content (AvgIpc) is 2.30. The van der Waals surface area contributed by atoms with E-state index in [0.717, 1.165) is 25.0 Å². The van der Waals surface area contributed by atoms with Crippen molar-refractivity contribution in [2.45, 2.75) is 19.3 Å². The zero-order valence-corrected chi connectivity index (χ0v) is 12.8. The third-order valence-electron chi connectivity index (χ3n) is 2.23. The predicted octanol–water partition coefficient (Wildman–Crippen LogP) is 4.49. The number of unbranched alkanes of at least 4 members (excludes halogenated alkanes) is 2. The number of hydrogen-bond donors (Lipinski definition) is 1. The maximum Gasteiger partial charge on any atom is 0.313 e. The first kappa shape index (κ1) is 15.6. The van der Waals surface area contributed by atoms with Gasteiger partial charge in [0.1, 0.15) is 0 Å². The molecule has 0 fully saturated rings. The van der Waals surface area contributed by atoms with Gasteiger partial charge in [-0.25, -0.2) is 0 Å². The molecule has 0 saturated carbocycles. The van der Waals surface area contributed by atoms with Crippen LogP contribution in [0.15, 0.2) is 16.6 Å². The van der Waals surface area contributed by atoms with Gasteiger partial charge in [-0.05, 0) is 47.0 Å². The number of ether oxygens (including phenoxy) is 1. The molecule has 0 atom stereocenters. The normalized spacial score (nSPS) is 10.4. The van der Waals surface area contributed by atoms with Crippen LogP contribution in [0.1, 0.15) is 19.3 Å². The molecule has 7 heteroatoms. The highest BCUT2D eigenvalue weighted by atomic mass is 79.9. The van der Waals surface area contributed by atoms with E-state index in [1.807, 2.05) is 0 Å². The van der Waals surface area contributed by atoms with Gasteiger partial charge in [0.05, 0.1) is 16.0 Å². The van der Waals surface area contributed by atoms with Gasteiger partial charge >= 0.3 is 5.69 Å². The molecule has 0 spiro atoms. The predicted molar refractivity (Wildman–Crippen MR) is 79.0 cm³/mol. The lowest BCUT2D eigenvalue weighted by molar-refractivity contribution is -0.385. The number of thiol groups is 1. The number of rotatable bonds is 7. The first-order valence-corrected chi connectivity index (χ1v) is 7.23. The summed E-state index contributed by atoms with van der Waals surface area (Å²) in [6, 6.07) is 2.87. The van der Waals surface area contributed by atoms with Crippen LogP contribution < -0.4 is 4.74 Å². The van der Waals surface area contributed by atoms with Crippen LogP contribution in [0.5, 0.6) is 5.75 Å². The van der Waals surface area contributed by atoms with Crippen molar-refractivity contribution in [2.75, 3.05) is 12.4 Å². The Hall–Kier alpha value is -0.460. The highest BCUT2D eigenvalue weighted by molar-refractivity contribution is 9.10. The smallest absolute Gasteiger partial charge is 0.313 e. The second kappa shape index (κ2) is 7.86. The van der Waals surface area contributed by atoms with Crippen LogP contribution in [-0.4, -0.2) is 17.3 Å². The summed E-state index contributed by atoms with van der Waals surface area (Å²) in [5, 5.41) is 11.2. The Morgan fingerprint density at radius 3 is 2.72 bits per heavy atom. The van der Waals surface area contributed by atoms with Crippen molar-refractivity contribution >= 4 is 45.8 Å². The number of nitro benzene ring substituents is 1. The zero-order valence-electron chi connectivity index (χ0n) is 9.57. The Balaban J connectivity index is 2.71. The zero-order chi connectivity index (χ0) is 13.5. The summed E-state index contributed by atoms with van der Waals surface area (Å²) in [5.74, 6) is 1.07. The molecule has 0 heterocycles. The molecule has 1 aromatic rings. The lowest BCUT2D eigenvalue weighted by Gasteiger charge is -2.08. The van der Waals surface area contributed by atoms with Crippen molar-refractivity contribution < 1.29 is 9.66 Å². The molecule has 0 radical (unpaired) electrons. The fourth-order valence-electron chi connectivity index (χ4n) is 1.39. The van der Waals surface area contributed by atoms with Crippen LogP contribution in [0.25, 0.3) is 0 Å². The van der Waals surface area contributed by atoms with Crippen LogP contribution in [0.4, 0.5) is 5.69 Å². The fraction of sp³-hybridized carbons (Fsp3) is 0.455. The van der Waals surface area contributed by atoms with Crippen LogP contribution in [0.3, 0.4) is 0 Å². The molecule has 0 unspecified atom stereocenters. The topological polar surface area (TPSA) is 52.4 Å². The van der Waals surface area contributed by atoms with Crippen molar-refractivity contribution in [3.05, 3.63) is 31.7 Å². The van der Waals surface area contributed by atoms with Gasteiger partial charge in [0.2, 0.25) is 5.75 Å². The van der Waals surface area contributed by atoms with Crippen LogP contribution in [-0.2, 0) is 0 Å². The van der Waals surface area contributed by atoms with Crippen molar-refractivity contribution in [1.82, 2.24) is 0 Å². The van der Waals surface area contributed by atoms with Gasteiger partial charge in [0, 0.05) is 11.1 Å². The molecule has 0 N–H and O–H groups in total. The quantitative estimate of drug-likeness (QED) is 0.340. The Morgan fingerprint density at radius 2 is 2.11 bits per heavy atom. The molecule has 0 aromatic heterocycles. The summed E-state index contributed by atoms with van der Waals surface area (Å²) >= 11 is 13.1. The van der Waals surface area contributed by atoms with E-state index in [1.54, 1.807) is 6.07 Å². The second-order valence-corrected chi connectivity index (χ2v) is 5.36. The van der Waals surface area contributed by atoms with E-state index < -0.39 is 4.92 Å². The molecule has 0 bridgehead atoms. The molecule has 4 nitrogen and oxygen atoms in total. The number of halogens is 2. The van der Waals surface area contributed by atoms with E-state index in [-0.39, 0.29) is 11.4 Å². The second-order valence-electron chi connectivity index (χ2n) is 3.63. The van der Waals surface area contributed by atoms with Crippen molar-refractivity contribution in [2.24, 2.45) is 0 Å². The van der Waals surface area contributed by atoms with Crippen molar-refractivity contribution in [3.63, 3.8) is 0 Å². The van der Waals surface area contributed by atoms with Crippen LogP contribution in [0, 0.1) is 10.1 Å². The van der Waals surface area contributed by atoms with E-state index in [4.69, 9.17) is 16.3 Å². The van der Waals surface area contributed by atoms with Gasteiger partial charge in [0.25, 0.3) is 0 Å². The maximum atomic E-state index is 10.9. The minimum Gasteiger partial charge on any atom is -0.486 e. The first-order valence-electron chi connectivity index (χ1n) is 5.43. The molecule has 0 aliphatic heterocycles. The molecule has 0 amide bonds. The molecule has 0 saturated heterocycles. The summed E-state index contributed by atoms with van der Waals surface area (Å²) in [6.07, 6.45) is 2.84. The number of nitrogens with zero attached hydrogens (tertiary/aromatic N) is 1. The number of benzene rings is 1. The van der Waals surface area contributed by atoms with E-state index in [0.29, 0.717) is 16.1 Å². The van der Waals surface area contributed by atoms with Gasteiger partial charge in [-0.15, -0.1) is 0 Å². The maximum absolute atomic E-state index is 10.9. The highest BCUT2D eigenvalue weighted by Gasteiger charge is 2.19. The summed E-state index contributed by atoms with van der Waals surface area (Å²) in [4.78, 5) is 10.4. The Labute approximate surface area is 124 Å². The average molecular weight is 355 g/mol. The number of nitro groups is 1. The van der Waals surface area contributed by atoms with Gasteiger partial charge in [-0.1, -0.05) is 11.6 Å². The third-order valence-corrected chi connectivity index (χ3v) is 3.36. The molecule has 1 rings (SSSR count). The molecule has 1 aromatic carbocycles. The number of hydrogen-bond acceptors (Lipinski definition) is 4. The van der Waals surface area contributed by atoms with E-state index in [9.17, 15) is 10.1 Å². The van der Waals surface area contributed by atoms with Crippen molar-refractivity contribution in [1.29, 1.82) is 0 Å². The first-order chi connectivity index (χ1) is 8.56. The van der Waals surface area contributed by atoms with Gasteiger partial charge < -0.3 is 4.74 Å². The lowest BCUT2D eigenvalue weighted by atomic mass is 10.2. The SMILES string of the molecule is O=[N+]([O-])c1cc(Cl)cc(Br)c1OCCCCCS. The molecule has 0 aliphatic rings. The Bertz CT molecular complexity index is 431. The van der Waals surface area contributed by atoms with Gasteiger partial charge in [-0.2, -0.15) is 12.6 Å². The van der Waals surface area contributed by atoms with Crippen LogP contribution >= 0.6 is 40.2 Å². The summed E-state index contributed by atoms with van der Waals surface area (Å²) in [5.41, 5.74) is -0.122. The van der Waals surface area contributed by atoms with Gasteiger partial charge in [-0.3, -0.25) is 10.1 Å². The standard InChI is InChI=1S/C11H13BrClNO3S/c12-9-6-8(13)7-10(14(15)16)11(9)17-4-2-1-3-5-18/h6-7,18H,1-5H2. The highest BCUT2D eigenvalue weighted by Crippen LogP contribution is 2.37. The summed E-state index contributed by atoms with van der Waals surface area (Å²) < 4.78 is 5.95. The van der Waals surface area contributed by atoms with Crippen molar-refractivity contribution in [3.8, 4) is 5.75 Å². The van der Waals surface area contributed by atoms with E-state index in [1.165, 1.54) is 6.07 Å². The largest absolute Gasteiger partial charge is 0.486 e. The molecular formula is C11H13BrClNO3S. The minimum absolute atomic E-state index is 0.122. The van der Waals surface area contributed by atoms with Gasteiger partial charge in [0.15, 0.2) is 0 Å². The third kappa shape index (κ3) is 4.66. The molecule has 0 aliphatic carbocycles. The Kier molecular flexibility index (Phi) is 6.81. The van der Waals surface area contributed by atoms with E-state index >= 15 is 0 Å². The summed E-state index contributed by atoms with van der Waals surface area (Å²) in [7, 11) is 0. The Morgan fingerprint density at radius 1 is 1.39 bits per heavy atom. The molecule has 100 valence electrons. The molecular weight excluding hydrogens is 342 g/mol. The van der Waals surface area contributed by atoms with Crippen LogP contribution in [0.2, 0.25) is 5.02 Å².